The zero-order valence-electron chi connectivity index (χ0n) is 20.5. The lowest BCUT2D eigenvalue weighted by molar-refractivity contribution is -0.384. The summed E-state index contributed by atoms with van der Waals surface area (Å²) < 4.78 is 73.9. The number of ether oxygens (including phenoxy) is 1. The monoisotopic (exact) mass is 564 g/mol. The number of benzene rings is 3. The summed E-state index contributed by atoms with van der Waals surface area (Å²) in [4.78, 5) is 23.9. The molecule has 0 bridgehead atoms. The van der Waals surface area contributed by atoms with E-state index in [1.54, 1.807) is 0 Å². The van der Waals surface area contributed by atoms with Crippen LogP contribution in [0.5, 0.6) is 5.75 Å². The molecule has 39 heavy (non-hydrogen) atoms. The third-order valence-electron chi connectivity index (χ3n) is 5.35. The highest BCUT2D eigenvalue weighted by molar-refractivity contribution is 7.87. The quantitative estimate of drug-likeness (QED) is 0.138. The van der Waals surface area contributed by atoms with Gasteiger partial charge in [0.25, 0.3) is 5.69 Å². The van der Waals surface area contributed by atoms with Crippen LogP contribution < -0.4 is 4.18 Å². The number of hydrogen-bond acceptors (Lipinski definition) is 7. The number of halogens is 3. The average Bonchev–Trinajstić information content (AvgIpc) is 2.90. The molecule has 0 saturated heterocycles. The van der Waals surface area contributed by atoms with Gasteiger partial charge in [-0.15, -0.1) is 0 Å². The molecule has 9 nitrogen and oxygen atoms in total. The Balaban J connectivity index is 1.70. The van der Waals surface area contributed by atoms with E-state index >= 15 is 0 Å². The van der Waals surface area contributed by atoms with Crippen molar-refractivity contribution in [2.24, 2.45) is 0 Å². The van der Waals surface area contributed by atoms with Gasteiger partial charge in [-0.25, -0.2) is 0 Å². The van der Waals surface area contributed by atoms with Crippen LogP contribution in [-0.2, 0) is 32.4 Å². The standard InChI is InChI=1S/C26H23F3N2O7S/c1-37-16-15-30(25(32)14-9-19-5-10-22(11-6-19)31(33)34)18-20-7-12-23(13-8-20)38-39(35,36)24-4-2-3-21(17-24)26(27,28)29/h2-14,17H,15-16,18H2,1H3/b14-9+. The Morgan fingerprint density at radius 1 is 1.05 bits per heavy atom. The summed E-state index contributed by atoms with van der Waals surface area (Å²) in [6.07, 6.45) is -1.88. The van der Waals surface area contributed by atoms with Gasteiger partial charge in [0.15, 0.2) is 0 Å². The van der Waals surface area contributed by atoms with Gasteiger partial charge in [-0.3, -0.25) is 14.9 Å². The van der Waals surface area contributed by atoms with E-state index in [1.807, 2.05) is 0 Å². The number of nitro groups is 1. The topological polar surface area (TPSA) is 116 Å². The molecule has 0 N–H and O–H groups in total. The molecule has 0 fully saturated rings. The zero-order valence-corrected chi connectivity index (χ0v) is 21.3. The first-order chi connectivity index (χ1) is 18.4. The Morgan fingerprint density at radius 3 is 2.31 bits per heavy atom. The molecule has 0 atom stereocenters. The Morgan fingerprint density at radius 2 is 1.72 bits per heavy atom. The minimum atomic E-state index is -4.71. The van der Waals surface area contributed by atoms with Crippen molar-refractivity contribution in [3.05, 3.63) is 106 Å². The predicted molar refractivity (Wildman–Crippen MR) is 135 cm³/mol. The van der Waals surface area contributed by atoms with Crippen molar-refractivity contribution in [3.8, 4) is 5.75 Å². The molecule has 0 unspecified atom stereocenters. The van der Waals surface area contributed by atoms with E-state index in [9.17, 15) is 36.5 Å². The van der Waals surface area contributed by atoms with Gasteiger partial charge in [0.1, 0.15) is 10.6 Å². The van der Waals surface area contributed by atoms with Crippen molar-refractivity contribution in [2.75, 3.05) is 20.3 Å². The van der Waals surface area contributed by atoms with E-state index in [2.05, 4.69) is 0 Å². The normalized spacial score (nSPS) is 11.9. The molecule has 0 aliphatic heterocycles. The van der Waals surface area contributed by atoms with Gasteiger partial charge < -0.3 is 13.8 Å². The number of alkyl halides is 3. The van der Waals surface area contributed by atoms with Crippen molar-refractivity contribution in [1.29, 1.82) is 0 Å². The van der Waals surface area contributed by atoms with Crippen LogP contribution in [0.15, 0.2) is 83.8 Å². The van der Waals surface area contributed by atoms with Crippen LogP contribution in [0.3, 0.4) is 0 Å². The van der Waals surface area contributed by atoms with Gasteiger partial charge in [0.2, 0.25) is 5.91 Å². The van der Waals surface area contributed by atoms with Crippen molar-refractivity contribution in [2.45, 2.75) is 17.6 Å². The van der Waals surface area contributed by atoms with Crippen LogP contribution in [0.1, 0.15) is 16.7 Å². The number of nitro benzene ring substituents is 1. The Hall–Kier alpha value is -4.23. The molecule has 0 aliphatic rings. The SMILES string of the molecule is COCCN(Cc1ccc(OS(=O)(=O)c2cccc(C(F)(F)F)c2)cc1)C(=O)/C=C/c1ccc([N+](=O)[O-])cc1. The van der Waals surface area contributed by atoms with E-state index in [-0.39, 0.29) is 37.0 Å². The summed E-state index contributed by atoms with van der Waals surface area (Å²) in [6, 6.07) is 14.6. The van der Waals surface area contributed by atoms with Crippen molar-refractivity contribution < 1.29 is 40.2 Å². The summed E-state index contributed by atoms with van der Waals surface area (Å²) in [5, 5.41) is 10.8. The number of carbonyl (C=O) groups is 1. The van der Waals surface area contributed by atoms with E-state index in [4.69, 9.17) is 8.92 Å². The molecule has 0 heterocycles. The summed E-state index contributed by atoms with van der Waals surface area (Å²) in [5.41, 5.74) is 0.0114. The second-order valence-electron chi connectivity index (χ2n) is 8.14. The predicted octanol–water partition coefficient (Wildman–Crippen LogP) is 5.07. The Kier molecular flexibility index (Phi) is 9.43. The second kappa shape index (κ2) is 12.5. The fraction of sp³-hybridized carbons (Fsp3) is 0.192. The zero-order chi connectivity index (χ0) is 28.6. The van der Waals surface area contributed by atoms with Crippen LogP contribution >= 0.6 is 0 Å². The molecule has 206 valence electrons. The molecule has 3 rings (SSSR count). The first-order valence-electron chi connectivity index (χ1n) is 11.3. The van der Waals surface area contributed by atoms with E-state index in [0.29, 0.717) is 17.2 Å². The molecule has 0 spiro atoms. The molecule has 0 aliphatic carbocycles. The molecular weight excluding hydrogens is 541 g/mol. The summed E-state index contributed by atoms with van der Waals surface area (Å²) in [5.74, 6) is -0.484. The highest BCUT2D eigenvalue weighted by Crippen LogP contribution is 2.31. The Labute approximate surface area is 222 Å². The minimum absolute atomic E-state index is 0.0738. The van der Waals surface area contributed by atoms with E-state index < -0.39 is 31.7 Å². The van der Waals surface area contributed by atoms with Crippen molar-refractivity contribution in [3.63, 3.8) is 0 Å². The number of non-ortho nitro benzene ring substituents is 1. The van der Waals surface area contributed by atoms with Crippen LogP contribution in [0, 0.1) is 10.1 Å². The van der Waals surface area contributed by atoms with Gasteiger partial charge in [-0.1, -0.05) is 18.2 Å². The van der Waals surface area contributed by atoms with Crippen LogP contribution in [0.25, 0.3) is 6.08 Å². The Bertz CT molecular complexity index is 1440. The highest BCUT2D eigenvalue weighted by Gasteiger charge is 2.32. The first-order valence-corrected chi connectivity index (χ1v) is 12.7. The number of rotatable bonds is 11. The minimum Gasteiger partial charge on any atom is -0.383 e. The summed E-state index contributed by atoms with van der Waals surface area (Å²) in [7, 11) is -3.05. The molecule has 0 saturated carbocycles. The molecular formula is C26H23F3N2O7S. The van der Waals surface area contributed by atoms with Crippen LogP contribution in [0.4, 0.5) is 18.9 Å². The van der Waals surface area contributed by atoms with Gasteiger partial charge in [-0.2, -0.15) is 21.6 Å². The molecule has 0 radical (unpaired) electrons. The average molecular weight is 565 g/mol. The molecule has 3 aromatic rings. The second-order valence-corrected chi connectivity index (χ2v) is 9.69. The van der Waals surface area contributed by atoms with Crippen molar-refractivity contribution >= 4 is 27.8 Å². The summed E-state index contributed by atoms with van der Waals surface area (Å²) >= 11 is 0. The largest absolute Gasteiger partial charge is 0.416 e. The molecule has 3 aromatic carbocycles. The van der Waals surface area contributed by atoms with Gasteiger partial charge in [-0.05, 0) is 59.7 Å². The number of nitrogens with zero attached hydrogens (tertiary/aromatic N) is 2. The maximum absolute atomic E-state index is 12.9. The maximum atomic E-state index is 12.9. The van der Waals surface area contributed by atoms with Gasteiger partial charge in [0.05, 0.1) is 17.1 Å². The molecule has 13 heteroatoms. The number of hydrogen-bond donors (Lipinski definition) is 0. The highest BCUT2D eigenvalue weighted by atomic mass is 32.2. The smallest absolute Gasteiger partial charge is 0.383 e. The fourth-order valence-electron chi connectivity index (χ4n) is 3.32. The van der Waals surface area contributed by atoms with E-state index in [0.717, 1.165) is 18.2 Å². The fourth-order valence-corrected chi connectivity index (χ4v) is 4.30. The number of methoxy groups -OCH3 is 1. The first kappa shape index (κ1) is 29.3. The lowest BCUT2D eigenvalue weighted by Crippen LogP contribution is -2.32. The number of carbonyl (C=O) groups excluding carboxylic acids is 1. The lowest BCUT2D eigenvalue weighted by atomic mass is 10.1. The number of amides is 1. The van der Waals surface area contributed by atoms with E-state index in [1.165, 1.54) is 72.7 Å². The summed E-state index contributed by atoms with van der Waals surface area (Å²) in [6.45, 7) is 0.614. The third-order valence-corrected chi connectivity index (χ3v) is 6.60. The molecule has 1 amide bonds. The third kappa shape index (κ3) is 8.38. The maximum Gasteiger partial charge on any atom is 0.416 e. The lowest BCUT2D eigenvalue weighted by Gasteiger charge is -2.21. The van der Waals surface area contributed by atoms with Gasteiger partial charge in [0, 0.05) is 38.4 Å². The van der Waals surface area contributed by atoms with Crippen LogP contribution in [0.2, 0.25) is 0 Å². The molecule has 0 aromatic heterocycles. The van der Waals surface area contributed by atoms with Gasteiger partial charge >= 0.3 is 16.3 Å². The van der Waals surface area contributed by atoms with Crippen molar-refractivity contribution in [1.82, 2.24) is 4.90 Å². The van der Waals surface area contributed by atoms with Crippen LogP contribution in [-0.4, -0.2) is 44.4 Å².